The maximum Gasteiger partial charge on any atom is 0.282 e. The van der Waals surface area contributed by atoms with Crippen LogP contribution in [0.25, 0.3) is 5.57 Å². The molecule has 31 heavy (non-hydrogen) atoms. The molecule has 0 aromatic heterocycles. The molecule has 2 aromatic carbocycles. The van der Waals surface area contributed by atoms with Crippen LogP contribution in [0, 0.1) is 19.8 Å². The summed E-state index contributed by atoms with van der Waals surface area (Å²) in [7, 11) is 1.71. The molecule has 1 heterocycles. The molecule has 0 bridgehead atoms. The third-order valence-corrected chi connectivity index (χ3v) is 5.07. The first-order chi connectivity index (χ1) is 14.7. The molecule has 0 aliphatic carbocycles. The summed E-state index contributed by atoms with van der Waals surface area (Å²) in [6.07, 6.45) is 0. The van der Waals surface area contributed by atoms with Gasteiger partial charge in [0.1, 0.15) is 11.4 Å². The van der Waals surface area contributed by atoms with Gasteiger partial charge in [-0.2, -0.15) is 0 Å². The van der Waals surface area contributed by atoms with Crippen LogP contribution in [0.3, 0.4) is 0 Å². The number of hydrogen-bond donors (Lipinski definition) is 1. The molecule has 1 aliphatic rings. The van der Waals surface area contributed by atoms with E-state index in [4.69, 9.17) is 4.74 Å². The minimum absolute atomic E-state index is 0.125. The van der Waals surface area contributed by atoms with Crippen LogP contribution in [0.5, 0.6) is 5.75 Å². The van der Waals surface area contributed by atoms with E-state index >= 15 is 0 Å². The number of nitrogens with zero attached hydrogens (tertiary/aromatic N) is 2. The Bertz CT molecular complexity index is 988. The van der Waals surface area contributed by atoms with Gasteiger partial charge in [-0.05, 0) is 60.7 Å². The summed E-state index contributed by atoms with van der Waals surface area (Å²) in [6, 6.07) is 12.9. The summed E-state index contributed by atoms with van der Waals surface area (Å²) in [6.45, 7) is 8.74. The number of aryl methyl sites for hydroxylation is 2. The van der Waals surface area contributed by atoms with Crippen molar-refractivity contribution in [2.45, 2.75) is 27.7 Å². The summed E-state index contributed by atoms with van der Waals surface area (Å²) in [5.74, 6) is 0.361. The molecule has 6 heteroatoms. The van der Waals surface area contributed by atoms with Crippen molar-refractivity contribution in [1.82, 2.24) is 4.90 Å². The maximum absolute atomic E-state index is 13.5. The van der Waals surface area contributed by atoms with Gasteiger partial charge < -0.3 is 14.7 Å². The van der Waals surface area contributed by atoms with Gasteiger partial charge in [0.15, 0.2) is 0 Å². The molecule has 2 amide bonds. The Kier molecular flexibility index (Phi) is 6.81. The highest BCUT2D eigenvalue weighted by Gasteiger charge is 2.41. The number of rotatable bonds is 8. The molecule has 0 unspecified atom stereocenters. The van der Waals surface area contributed by atoms with Crippen LogP contribution >= 0.6 is 0 Å². The first kappa shape index (κ1) is 22.6. The van der Waals surface area contributed by atoms with Crippen LogP contribution < -0.4 is 9.64 Å². The first-order valence-electron chi connectivity index (χ1n) is 10.5. The molecular formula is C25H30N2O4. The van der Waals surface area contributed by atoms with E-state index in [1.165, 1.54) is 4.90 Å². The van der Waals surface area contributed by atoms with Crippen LogP contribution in [0.4, 0.5) is 5.69 Å². The van der Waals surface area contributed by atoms with Crippen LogP contribution in [-0.2, 0) is 9.59 Å². The Morgan fingerprint density at radius 1 is 1.00 bits per heavy atom. The first-order valence-corrected chi connectivity index (χ1v) is 10.5. The fourth-order valence-electron chi connectivity index (χ4n) is 3.69. The fraction of sp³-hybridized carbons (Fsp3) is 0.360. The minimum Gasteiger partial charge on any atom is -0.493 e. The van der Waals surface area contributed by atoms with E-state index < -0.39 is 0 Å². The predicted molar refractivity (Wildman–Crippen MR) is 122 cm³/mol. The highest BCUT2D eigenvalue weighted by atomic mass is 16.5. The Morgan fingerprint density at radius 3 is 2.16 bits per heavy atom. The molecule has 0 radical (unpaired) electrons. The van der Waals surface area contributed by atoms with E-state index in [0.29, 0.717) is 35.1 Å². The number of aliphatic hydroxyl groups excluding tert-OH is 1. The van der Waals surface area contributed by atoms with E-state index in [9.17, 15) is 14.7 Å². The molecular weight excluding hydrogens is 392 g/mol. The number of anilines is 1. The molecule has 0 saturated heterocycles. The zero-order valence-corrected chi connectivity index (χ0v) is 18.8. The lowest BCUT2D eigenvalue weighted by Crippen LogP contribution is -2.35. The van der Waals surface area contributed by atoms with Crippen molar-refractivity contribution < 1.29 is 19.4 Å². The van der Waals surface area contributed by atoms with E-state index in [0.717, 1.165) is 11.1 Å². The van der Waals surface area contributed by atoms with Gasteiger partial charge in [0, 0.05) is 13.6 Å². The van der Waals surface area contributed by atoms with Gasteiger partial charge in [0.05, 0.1) is 24.5 Å². The Morgan fingerprint density at radius 2 is 1.61 bits per heavy atom. The van der Waals surface area contributed by atoms with E-state index in [2.05, 4.69) is 13.8 Å². The third kappa shape index (κ3) is 4.80. The predicted octanol–water partition coefficient (Wildman–Crippen LogP) is 3.55. The molecule has 1 aliphatic heterocycles. The van der Waals surface area contributed by atoms with E-state index in [1.54, 1.807) is 24.1 Å². The monoisotopic (exact) mass is 422 g/mol. The number of ether oxygens (including phenoxy) is 1. The zero-order chi connectivity index (χ0) is 22.7. The second-order valence-electron chi connectivity index (χ2n) is 8.39. The van der Waals surface area contributed by atoms with Crippen molar-refractivity contribution in [3.05, 3.63) is 64.9 Å². The Hall–Kier alpha value is -3.12. The highest BCUT2D eigenvalue weighted by Crippen LogP contribution is 2.35. The number of hydrogen-bond acceptors (Lipinski definition) is 5. The van der Waals surface area contributed by atoms with Crippen LogP contribution in [0.1, 0.15) is 30.5 Å². The summed E-state index contributed by atoms with van der Waals surface area (Å²) in [5, 5.41) is 9.41. The standard InChI is InChI=1S/C25H30N2O4/c1-16(2)15-31-21-8-6-19(7-9-21)22-23(26(5)10-11-28)25(30)27(24(22)29)20-13-17(3)12-18(4)14-20/h6-9,12-14,16,28H,10-11,15H2,1-5H3. The van der Waals surface area contributed by atoms with E-state index in [1.807, 2.05) is 44.2 Å². The molecule has 3 rings (SSSR count). The van der Waals surface area contributed by atoms with Gasteiger partial charge in [-0.15, -0.1) is 0 Å². The summed E-state index contributed by atoms with van der Waals surface area (Å²) in [5.41, 5.74) is 3.75. The van der Waals surface area contributed by atoms with Gasteiger partial charge >= 0.3 is 0 Å². The summed E-state index contributed by atoms with van der Waals surface area (Å²) in [4.78, 5) is 29.7. The Balaban J connectivity index is 2.03. The minimum atomic E-state index is -0.388. The third-order valence-electron chi connectivity index (χ3n) is 5.07. The molecule has 0 atom stereocenters. The number of aliphatic hydroxyl groups is 1. The quantitative estimate of drug-likeness (QED) is 0.659. The van der Waals surface area contributed by atoms with Crippen LogP contribution in [-0.4, -0.2) is 48.6 Å². The lowest BCUT2D eigenvalue weighted by Gasteiger charge is -2.21. The maximum atomic E-state index is 13.5. The smallest absolute Gasteiger partial charge is 0.282 e. The van der Waals surface area contributed by atoms with E-state index in [-0.39, 0.29) is 30.7 Å². The lowest BCUT2D eigenvalue weighted by molar-refractivity contribution is -0.120. The van der Waals surface area contributed by atoms with Gasteiger partial charge in [-0.25, -0.2) is 4.90 Å². The molecule has 0 fully saturated rings. The van der Waals surface area contributed by atoms with Gasteiger partial charge in [-0.1, -0.05) is 32.0 Å². The normalized spacial score (nSPS) is 14.1. The average molecular weight is 423 g/mol. The van der Waals surface area contributed by atoms with Crippen molar-refractivity contribution in [1.29, 1.82) is 0 Å². The van der Waals surface area contributed by atoms with Crippen molar-refractivity contribution >= 4 is 23.1 Å². The molecule has 164 valence electrons. The largest absolute Gasteiger partial charge is 0.493 e. The van der Waals surface area contributed by atoms with Crippen LogP contribution in [0.2, 0.25) is 0 Å². The number of amides is 2. The molecule has 0 spiro atoms. The fourth-order valence-corrected chi connectivity index (χ4v) is 3.69. The second kappa shape index (κ2) is 9.35. The molecule has 2 aromatic rings. The average Bonchev–Trinajstić information content (AvgIpc) is 2.96. The summed E-state index contributed by atoms with van der Waals surface area (Å²) < 4.78 is 5.74. The van der Waals surface area contributed by atoms with Crippen molar-refractivity contribution in [3.63, 3.8) is 0 Å². The molecule has 1 N–H and O–H groups in total. The topological polar surface area (TPSA) is 70.1 Å². The number of carbonyl (C=O) groups is 2. The zero-order valence-electron chi connectivity index (χ0n) is 18.8. The number of carbonyl (C=O) groups excluding carboxylic acids is 2. The summed E-state index contributed by atoms with van der Waals surface area (Å²) >= 11 is 0. The number of benzene rings is 2. The molecule has 0 saturated carbocycles. The second-order valence-corrected chi connectivity index (χ2v) is 8.39. The van der Waals surface area contributed by atoms with Crippen LogP contribution in [0.15, 0.2) is 48.2 Å². The molecule has 6 nitrogen and oxygen atoms in total. The Labute approximate surface area is 183 Å². The van der Waals surface area contributed by atoms with Gasteiger partial charge in [-0.3, -0.25) is 9.59 Å². The SMILES string of the molecule is Cc1cc(C)cc(N2C(=O)C(c3ccc(OCC(C)C)cc3)=C(N(C)CCO)C2=O)c1. The van der Waals surface area contributed by atoms with Crippen molar-refractivity contribution in [3.8, 4) is 5.75 Å². The van der Waals surface area contributed by atoms with Gasteiger partial charge in [0.2, 0.25) is 0 Å². The number of likely N-dealkylation sites (N-methyl/N-ethyl adjacent to an activating group) is 1. The van der Waals surface area contributed by atoms with Crippen molar-refractivity contribution in [2.24, 2.45) is 5.92 Å². The van der Waals surface area contributed by atoms with Gasteiger partial charge in [0.25, 0.3) is 11.8 Å². The lowest BCUT2D eigenvalue weighted by atomic mass is 10.0. The number of imide groups is 1. The highest BCUT2D eigenvalue weighted by molar-refractivity contribution is 6.45. The van der Waals surface area contributed by atoms with Crippen molar-refractivity contribution in [2.75, 3.05) is 31.7 Å².